The molecule has 2 aliphatic carbocycles. The monoisotopic (exact) mass is 449 g/mol. The van der Waals surface area contributed by atoms with Gasteiger partial charge in [0.25, 0.3) is 0 Å². The van der Waals surface area contributed by atoms with Crippen molar-refractivity contribution >= 4 is 55.6 Å². The Labute approximate surface area is 148 Å². The van der Waals surface area contributed by atoms with E-state index >= 15 is 0 Å². The van der Waals surface area contributed by atoms with Gasteiger partial charge in [0, 0.05) is 15.6 Å². The van der Waals surface area contributed by atoms with Crippen molar-refractivity contribution in [3.63, 3.8) is 0 Å². The average molecular weight is 451 g/mol. The number of carbonyl (C=O) groups excluding carboxylic acids is 4. The average Bonchev–Trinajstić information content (AvgIpc) is 3.06. The van der Waals surface area contributed by atoms with Crippen molar-refractivity contribution in [1.82, 2.24) is 4.90 Å². The number of likely N-dealkylation sites (tertiary alicyclic amines) is 1. The lowest BCUT2D eigenvalue weighted by molar-refractivity contribution is -0.312. The number of carboxylic acid groups (broad SMARTS) is 2. The molecular formula is C14H13Br2NO6-2. The Hall–Kier alpha value is -0.960. The molecule has 0 unspecified atom stereocenters. The van der Waals surface area contributed by atoms with E-state index in [9.17, 15) is 29.4 Å². The summed E-state index contributed by atoms with van der Waals surface area (Å²) in [6.45, 7) is 0. The van der Waals surface area contributed by atoms with Gasteiger partial charge in [0.05, 0.1) is 23.8 Å². The maximum atomic E-state index is 12.6. The zero-order chi connectivity index (χ0) is 17.0. The molecule has 0 aromatic heterocycles. The number of fused-ring (bicyclic) bond motifs is 5. The number of carbonyl (C=O) groups is 4. The van der Waals surface area contributed by atoms with Crippen LogP contribution in [0.3, 0.4) is 0 Å². The van der Waals surface area contributed by atoms with Gasteiger partial charge in [0.15, 0.2) is 0 Å². The molecule has 1 aliphatic heterocycles. The molecular weight excluding hydrogens is 438 g/mol. The molecule has 7 atom stereocenters. The molecule has 2 bridgehead atoms. The van der Waals surface area contributed by atoms with Crippen LogP contribution in [0.25, 0.3) is 0 Å². The van der Waals surface area contributed by atoms with Crippen molar-refractivity contribution in [1.29, 1.82) is 0 Å². The second-order valence-corrected chi connectivity index (χ2v) is 8.41. The van der Waals surface area contributed by atoms with Crippen molar-refractivity contribution in [2.24, 2.45) is 23.7 Å². The predicted molar refractivity (Wildman–Crippen MR) is 78.9 cm³/mol. The van der Waals surface area contributed by atoms with Crippen LogP contribution in [0, 0.1) is 23.7 Å². The Kier molecular flexibility index (Phi) is 4.29. The number of aliphatic carboxylic acids is 2. The van der Waals surface area contributed by atoms with Crippen molar-refractivity contribution < 1.29 is 29.4 Å². The lowest BCUT2D eigenvalue weighted by Crippen LogP contribution is -2.52. The second kappa shape index (κ2) is 5.84. The summed E-state index contributed by atoms with van der Waals surface area (Å²) < 4.78 is 0. The SMILES string of the molecule is O=C([O-])CC[C@@H](C(=O)[O-])N1C(=O)[C@@H]2[C@H]3C[C@H]([C@@H](Br)[C@H]3Br)[C@@H]2C1=O. The highest BCUT2D eigenvalue weighted by molar-refractivity contribution is 9.12. The minimum atomic E-state index is -1.62. The van der Waals surface area contributed by atoms with Crippen LogP contribution < -0.4 is 10.2 Å². The molecule has 2 amide bonds. The van der Waals surface area contributed by atoms with Gasteiger partial charge in [0.1, 0.15) is 0 Å². The molecule has 1 heterocycles. The third kappa shape index (κ3) is 2.43. The van der Waals surface area contributed by atoms with Gasteiger partial charge in [-0.15, -0.1) is 0 Å². The highest BCUT2D eigenvalue weighted by Gasteiger charge is 2.67. The van der Waals surface area contributed by atoms with E-state index in [1.54, 1.807) is 0 Å². The molecule has 3 rings (SSSR count). The first-order chi connectivity index (χ1) is 10.8. The van der Waals surface area contributed by atoms with Crippen LogP contribution >= 0.6 is 31.9 Å². The number of rotatable bonds is 5. The van der Waals surface area contributed by atoms with Gasteiger partial charge in [0.2, 0.25) is 11.8 Å². The fourth-order valence-electron chi connectivity index (χ4n) is 4.29. The fourth-order valence-corrected chi connectivity index (χ4v) is 6.16. The van der Waals surface area contributed by atoms with E-state index in [4.69, 9.17) is 0 Å². The predicted octanol–water partition coefficient (Wildman–Crippen LogP) is -1.59. The number of hydrogen-bond donors (Lipinski definition) is 0. The lowest BCUT2D eigenvalue weighted by atomic mass is 9.81. The summed E-state index contributed by atoms with van der Waals surface area (Å²) in [5.74, 6) is -5.22. The maximum absolute atomic E-state index is 12.6. The normalized spacial score (nSPS) is 39.7. The van der Waals surface area contributed by atoms with E-state index in [1.165, 1.54) is 0 Å². The number of alkyl halides is 2. The molecule has 23 heavy (non-hydrogen) atoms. The van der Waals surface area contributed by atoms with Gasteiger partial charge in [-0.25, -0.2) is 0 Å². The van der Waals surface area contributed by atoms with Gasteiger partial charge >= 0.3 is 0 Å². The molecule has 0 aromatic carbocycles. The number of imide groups is 1. The molecule has 0 radical (unpaired) electrons. The summed E-state index contributed by atoms with van der Waals surface area (Å²) in [4.78, 5) is 48.0. The molecule has 2 saturated carbocycles. The molecule has 0 spiro atoms. The van der Waals surface area contributed by atoms with Gasteiger partial charge in [-0.3, -0.25) is 14.5 Å². The quantitative estimate of drug-likeness (QED) is 0.368. The minimum absolute atomic E-state index is 0.0284. The minimum Gasteiger partial charge on any atom is -0.550 e. The van der Waals surface area contributed by atoms with E-state index in [1.807, 2.05) is 0 Å². The number of amides is 2. The number of carboxylic acids is 2. The van der Waals surface area contributed by atoms with Crippen LogP contribution in [0.1, 0.15) is 19.3 Å². The van der Waals surface area contributed by atoms with E-state index in [-0.39, 0.29) is 21.5 Å². The van der Waals surface area contributed by atoms with E-state index in [2.05, 4.69) is 31.9 Å². The summed E-state index contributed by atoms with van der Waals surface area (Å²) in [7, 11) is 0. The maximum Gasteiger partial charge on any atom is 0.234 e. The van der Waals surface area contributed by atoms with Crippen LogP contribution in [0.5, 0.6) is 0 Å². The Morgan fingerprint density at radius 1 is 1.09 bits per heavy atom. The first-order valence-electron chi connectivity index (χ1n) is 7.31. The van der Waals surface area contributed by atoms with Gasteiger partial charge < -0.3 is 19.8 Å². The van der Waals surface area contributed by atoms with Crippen LogP contribution in [0.2, 0.25) is 0 Å². The zero-order valence-electron chi connectivity index (χ0n) is 11.8. The summed E-state index contributed by atoms with van der Waals surface area (Å²) in [5, 5.41) is 21.9. The van der Waals surface area contributed by atoms with Crippen molar-refractivity contribution in [2.75, 3.05) is 0 Å². The van der Waals surface area contributed by atoms with Crippen LogP contribution in [0.4, 0.5) is 0 Å². The van der Waals surface area contributed by atoms with Crippen molar-refractivity contribution in [2.45, 2.75) is 35.0 Å². The van der Waals surface area contributed by atoms with Gasteiger partial charge in [-0.1, -0.05) is 31.9 Å². The molecule has 0 aromatic rings. The Balaban J connectivity index is 1.87. The number of nitrogens with zero attached hydrogens (tertiary/aromatic N) is 1. The molecule has 0 N–H and O–H groups in total. The molecule has 3 aliphatic rings. The van der Waals surface area contributed by atoms with Crippen LogP contribution in [-0.4, -0.2) is 44.3 Å². The van der Waals surface area contributed by atoms with Crippen LogP contribution in [-0.2, 0) is 19.2 Å². The molecule has 126 valence electrons. The highest BCUT2D eigenvalue weighted by atomic mass is 79.9. The smallest absolute Gasteiger partial charge is 0.234 e. The topological polar surface area (TPSA) is 118 Å². The Morgan fingerprint density at radius 3 is 1.96 bits per heavy atom. The van der Waals surface area contributed by atoms with Crippen molar-refractivity contribution in [3.05, 3.63) is 0 Å². The number of halogens is 2. The molecule has 7 nitrogen and oxygen atoms in total. The van der Waals surface area contributed by atoms with E-state index < -0.39 is 54.5 Å². The Bertz CT molecular complexity index is 564. The summed E-state index contributed by atoms with van der Waals surface area (Å²) in [5.41, 5.74) is 0. The fraction of sp³-hybridized carbons (Fsp3) is 0.714. The number of hydrogen-bond acceptors (Lipinski definition) is 6. The standard InChI is InChI=1S/C14H15Br2NO6/c15-10-4-3-5(11(10)16)9-8(4)12(20)17(13(9)21)6(14(22)23)1-2-7(18)19/h4-6,8-11H,1-3H2,(H,18,19)(H,22,23)/p-2/t4-,5+,6-,8-,9+,10+,11-/m0/s1. The van der Waals surface area contributed by atoms with Gasteiger partial charge in [-0.2, -0.15) is 0 Å². The van der Waals surface area contributed by atoms with E-state index in [0.717, 1.165) is 11.3 Å². The molecule has 9 heteroatoms. The summed E-state index contributed by atoms with van der Waals surface area (Å²) in [6.07, 6.45) is -0.214. The second-order valence-electron chi connectivity index (χ2n) is 6.30. The zero-order valence-corrected chi connectivity index (χ0v) is 15.0. The molecule has 1 saturated heterocycles. The largest absolute Gasteiger partial charge is 0.550 e. The van der Waals surface area contributed by atoms with Crippen LogP contribution in [0.15, 0.2) is 0 Å². The first-order valence-corrected chi connectivity index (χ1v) is 9.14. The Morgan fingerprint density at radius 2 is 1.57 bits per heavy atom. The lowest BCUT2D eigenvalue weighted by Gasteiger charge is -2.28. The van der Waals surface area contributed by atoms with Gasteiger partial charge in [-0.05, 0) is 31.1 Å². The summed E-state index contributed by atoms with van der Waals surface area (Å²) in [6, 6.07) is -1.56. The van der Waals surface area contributed by atoms with Crippen molar-refractivity contribution in [3.8, 4) is 0 Å². The molecule has 3 fully saturated rings. The summed E-state index contributed by atoms with van der Waals surface area (Å²) >= 11 is 7.07. The third-order valence-electron chi connectivity index (χ3n) is 5.23. The highest BCUT2D eigenvalue weighted by Crippen LogP contribution is 2.60. The van der Waals surface area contributed by atoms with E-state index in [0.29, 0.717) is 0 Å². The third-order valence-corrected chi connectivity index (χ3v) is 8.43. The first kappa shape index (κ1) is 16.9.